The number of halogens is 1. The van der Waals surface area contributed by atoms with Crippen molar-refractivity contribution in [2.45, 2.75) is 0 Å². The molecule has 0 spiro atoms. The van der Waals surface area contributed by atoms with Crippen LogP contribution < -0.4 is 5.32 Å². The van der Waals surface area contributed by atoms with Crippen LogP contribution in [0.1, 0.15) is 11.1 Å². The van der Waals surface area contributed by atoms with E-state index >= 15 is 0 Å². The van der Waals surface area contributed by atoms with Crippen LogP contribution in [0.25, 0.3) is 6.08 Å². The Morgan fingerprint density at radius 2 is 2.13 bits per heavy atom. The number of nitrogens with one attached hydrogen (secondary N) is 1. The molecule has 0 aliphatic rings. The van der Waals surface area contributed by atoms with E-state index in [2.05, 4.69) is 10.3 Å². The van der Waals surface area contributed by atoms with Crippen molar-refractivity contribution in [3.05, 3.63) is 65.6 Å². The smallest absolute Gasteiger partial charge is 0.330 e. The molecular weight excluding hydrogens is 297 g/mol. The lowest BCUT2D eigenvalue weighted by Gasteiger charge is -2.06. The highest BCUT2D eigenvalue weighted by atomic mass is 19.1. The summed E-state index contributed by atoms with van der Waals surface area (Å²) in [4.78, 5) is 15.6. The number of esters is 1. The Hall–Kier alpha value is -3.20. The average Bonchev–Trinajstić information content (AvgIpc) is 2.58. The first-order chi connectivity index (χ1) is 11.2. The molecule has 5 nitrogen and oxygen atoms in total. The number of anilines is 1. The van der Waals surface area contributed by atoms with Crippen molar-refractivity contribution in [2.75, 3.05) is 18.5 Å². The Bertz CT molecular complexity index is 736. The van der Waals surface area contributed by atoms with Crippen LogP contribution in [0.15, 0.2) is 48.7 Å². The van der Waals surface area contributed by atoms with Gasteiger partial charge in [-0.05, 0) is 35.9 Å². The van der Waals surface area contributed by atoms with Gasteiger partial charge in [-0.2, -0.15) is 5.26 Å². The minimum absolute atomic E-state index is 0.133. The van der Waals surface area contributed by atoms with E-state index in [-0.39, 0.29) is 12.4 Å². The minimum Gasteiger partial charge on any atom is -0.461 e. The van der Waals surface area contributed by atoms with Gasteiger partial charge in [-0.15, -0.1) is 0 Å². The highest BCUT2D eigenvalue weighted by Crippen LogP contribution is 2.08. The summed E-state index contributed by atoms with van der Waals surface area (Å²) in [6.45, 7) is 0.468. The normalized spacial score (nSPS) is 10.3. The maximum absolute atomic E-state index is 12.7. The molecule has 116 valence electrons. The molecule has 0 bridgehead atoms. The number of hydrogen-bond acceptors (Lipinski definition) is 5. The number of carbonyl (C=O) groups excluding carboxylic acids is 1. The number of nitrogens with zero attached hydrogens (tertiary/aromatic N) is 2. The molecule has 1 aromatic heterocycles. The molecule has 1 N–H and O–H groups in total. The zero-order chi connectivity index (χ0) is 16.5. The molecule has 0 saturated carbocycles. The van der Waals surface area contributed by atoms with Crippen molar-refractivity contribution in [1.82, 2.24) is 4.98 Å². The maximum atomic E-state index is 12.7. The molecule has 0 unspecified atom stereocenters. The third-order valence-electron chi connectivity index (χ3n) is 2.85. The van der Waals surface area contributed by atoms with E-state index in [1.165, 1.54) is 18.2 Å². The van der Waals surface area contributed by atoms with Gasteiger partial charge in [0, 0.05) is 12.3 Å². The van der Waals surface area contributed by atoms with E-state index in [4.69, 9.17) is 10.00 Å². The van der Waals surface area contributed by atoms with Gasteiger partial charge in [0.1, 0.15) is 24.3 Å². The number of nitriles is 1. The van der Waals surface area contributed by atoms with E-state index in [0.29, 0.717) is 23.5 Å². The lowest BCUT2D eigenvalue weighted by Crippen LogP contribution is -2.13. The Morgan fingerprint density at radius 1 is 1.35 bits per heavy atom. The van der Waals surface area contributed by atoms with Crippen molar-refractivity contribution in [3.63, 3.8) is 0 Å². The van der Waals surface area contributed by atoms with Crippen molar-refractivity contribution in [1.29, 1.82) is 5.26 Å². The third-order valence-corrected chi connectivity index (χ3v) is 2.85. The second-order valence-electron chi connectivity index (χ2n) is 4.49. The van der Waals surface area contributed by atoms with Crippen LogP contribution >= 0.6 is 0 Å². The average molecular weight is 311 g/mol. The van der Waals surface area contributed by atoms with E-state index < -0.39 is 5.97 Å². The molecule has 6 heteroatoms. The van der Waals surface area contributed by atoms with Gasteiger partial charge in [-0.25, -0.2) is 14.2 Å². The van der Waals surface area contributed by atoms with Gasteiger partial charge in [-0.3, -0.25) is 0 Å². The van der Waals surface area contributed by atoms with Crippen LogP contribution in [-0.4, -0.2) is 24.1 Å². The molecule has 0 amide bonds. The van der Waals surface area contributed by atoms with Gasteiger partial charge >= 0.3 is 5.97 Å². The van der Waals surface area contributed by atoms with Crippen molar-refractivity contribution in [2.24, 2.45) is 0 Å². The lowest BCUT2D eigenvalue weighted by atomic mass is 10.2. The monoisotopic (exact) mass is 311 g/mol. The highest BCUT2D eigenvalue weighted by Gasteiger charge is 2.02. The van der Waals surface area contributed by atoms with Gasteiger partial charge in [0.25, 0.3) is 0 Å². The Balaban J connectivity index is 1.75. The van der Waals surface area contributed by atoms with E-state index in [1.54, 1.807) is 36.5 Å². The zero-order valence-corrected chi connectivity index (χ0v) is 12.2. The fraction of sp³-hybridized carbons (Fsp3) is 0.118. The number of ether oxygens (including phenoxy) is 1. The molecule has 1 aromatic carbocycles. The maximum Gasteiger partial charge on any atom is 0.330 e. The molecule has 0 saturated heterocycles. The first-order valence-corrected chi connectivity index (χ1v) is 6.88. The second kappa shape index (κ2) is 8.29. The third kappa shape index (κ3) is 5.25. The van der Waals surface area contributed by atoms with Gasteiger partial charge in [0.15, 0.2) is 0 Å². The molecule has 2 rings (SSSR count). The molecule has 2 aromatic rings. The first-order valence-electron chi connectivity index (χ1n) is 6.88. The Kier molecular flexibility index (Phi) is 5.83. The number of hydrogen-bond donors (Lipinski definition) is 1. The van der Waals surface area contributed by atoms with E-state index in [1.807, 2.05) is 6.07 Å². The molecule has 0 aliphatic heterocycles. The predicted octanol–water partition coefficient (Wildman–Crippen LogP) is 2.76. The van der Waals surface area contributed by atoms with Crippen LogP contribution in [0.3, 0.4) is 0 Å². The molecule has 0 atom stereocenters. The Morgan fingerprint density at radius 3 is 2.87 bits per heavy atom. The molecule has 0 fully saturated rings. The van der Waals surface area contributed by atoms with Crippen LogP contribution in [0.2, 0.25) is 0 Å². The van der Waals surface area contributed by atoms with Gasteiger partial charge in [-0.1, -0.05) is 12.1 Å². The molecule has 1 heterocycles. The Labute approximate surface area is 133 Å². The molecule has 0 aliphatic carbocycles. The fourth-order valence-corrected chi connectivity index (χ4v) is 1.74. The van der Waals surface area contributed by atoms with Crippen LogP contribution in [0, 0.1) is 17.1 Å². The number of benzene rings is 1. The number of carbonyl (C=O) groups is 1. The number of pyridine rings is 1. The van der Waals surface area contributed by atoms with Crippen molar-refractivity contribution >= 4 is 17.9 Å². The fourth-order valence-electron chi connectivity index (χ4n) is 1.74. The topological polar surface area (TPSA) is 75.0 Å². The summed E-state index contributed by atoms with van der Waals surface area (Å²) >= 11 is 0. The molecule has 0 radical (unpaired) electrons. The van der Waals surface area contributed by atoms with Crippen molar-refractivity contribution in [3.8, 4) is 6.07 Å². The highest BCUT2D eigenvalue weighted by molar-refractivity contribution is 5.87. The summed E-state index contributed by atoms with van der Waals surface area (Å²) in [6, 6.07) is 11.1. The first kappa shape index (κ1) is 16.2. The van der Waals surface area contributed by atoms with Gasteiger partial charge < -0.3 is 10.1 Å². The quantitative estimate of drug-likeness (QED) is 0.504. The summed E-state index contributed by atoms with van der Waals surface area (Å²) in [5.74, 6) is -0.382. The zero-order valence-electron chi connectivity index (χ0n) is 12.2. The summed E-state index contributed by atoms with van der Waals surface area (Å²) in [5, 5.41) is 11.8. The summed E-state index contributed by atoms with van der Waals surface area (Å²) in [7, 11) is 0. The van der Waals surface area contributed by atoms with E-state index in [0.717, 1.165) is 0 Å². The number of rotatable bonds is 6. The largest absolute Gasteiger partial charge is 0.461 e. The summed E-state index contributed by atoms with van der Waals surface area (Å²) < 4.78 is 17.7. The number of aromatic nitrogens is 1. The van der Waals surface area contributed by atoms with Crippen LogP contribution in [-0.2, 0) is 9.53 Å². The molecule has 23 heavy (non-hydrogen) atoms. The van der Waals surface area contributed by atoms with Crippen LogP contribution in [0.5, 0.6) is 0 Å². The predicted molar refractivity (Wildman–Crippen MR) is 83.8 cm³/mol. The summed E-state index contributed by atoms with van der Waals surface area (Å²) in [5.41, 5.74) is 1.13. The molecular formula is C17H14FN3O2. The SMILES string of the molecule is N#Cc1cccnc1NCCOC(=O)C=Cc1ccc(F)cc1. The lowest BCUT2D eigenvalue weighted by molar-refractivity contribution is -0.137. The van der Waals surface area contributed by atoms with Gasteiger partial charge in [0.05, 0.1) is 12.1 Å². The minimum atomic E-state index is -0.502. The second-order valence-corrected chi connectivity index (χ2v) is 4.49. The van der Waals surface area contributed by atoms with Crippen molar-refractivity contribution < 1.29 is 13.9 Å². The standard InChI is InChI=1S/C17H14FN3O2/c18-15-6-3-13(4-7-15)5-8-16(22)23-11-10-21-17-14(12-19)2-1-9-20-17/h1-9H,10-11H2,(H,20,21). The summed E-state index contributed by atoms with van der Waals surface area (Å²) in [6.07, 6.45) is 4.39. The van der Waals surface area contributed by atoms with Crippen LogP contribution in [0.4, 0.5) is 10.2 Å². The van der Waals surface area contributed by atoms with E-state index in [9.17, 15) is 9.18 Å². The van der Waals surface area contributed by atoms with Gasteiger partial charge in [0.2, 0.25) is 0 Å².